The Labute approximate surface area is 219 Å². The van der Waals surface area contributed by atoms with Crippen LogP contribution in [0.2, 0.25) is 0 Å². The van der Waals surface area contributed by atoms with Gasteiger partial charge in [0, 0.05) is 11.8 Å². The summed E-state index contributed by atoms with van der Waals surface area (Å²) in [7, 11) is 1.34. The molecule has 0 aliphatic carbocycles. The molecule has 37 heavy (non-hydrogen) atoms. The van der Waals surface area contributed by atoms with Gasteiger partial charge < -0.3 is 14.8 Å². The van der Waals surface area contributed by atoms with Crippen LogP contribution in [-0.4, -0.2) is 22.9 Å². The SMILES string of the molecule is CCc1ccc(NC(=O)C(C#N)=Cc2cc(Br)c(Oc3ccc([N+](=O)[O-])cc3[N+](=O)[O-])c(OC)c2)cc1. The van der Waals surface area contributed by atoms with Crippen LogP contribution in [0.5, 0.6) is 17.2 Å². The maximum atomic E-state index is 12.6. The summed E-state index contributed by atoms with van der Waals surface area (Å²) in [6.45, 7) is 2.01. The minimum Gasteiger partial charge on any atom is -0.493 e. The average Bonchev–Trinajstić information content (AvgIpc) is 2.88. The zero-order valence-corrected chi connectivity index (χ0v) is 21.1. The number of nitrogens with one attached hydrogen (secondary N) is 1. The molecule has 0 bridgehead atoms. The van der Waals surface area contributed by atoms with Gasteiger partial charge in [0.2, 0.25) is 5.75 Å². The van der Waals surface area contributed by atoms with E-state index in [-0.39, 0.29) is 22.8 Å². The number of rotatable bonds is 9. The summed E-state index contributed by atoms with van der Waals surface area (Å²) in [6.07, 6.45) is 2.20. The number of benzene rings is 3. The first kappa shape index (κ1) is 26.8. The van der Waals surface area contributed by atoms with Crippen LogP contribution < -0.4 is 14.8 Å². The standard InChI is InChI=1S/C25H19BrN4O7/c1-3-15-4-6-18(7-5-15)28-25(31)17(14-27)10-16-11-20(26)24(23(12-16)36-2)37-22-9-8-19(29(32)33)13-21(22)30(34)35/h4-13H,3H2,1-2H3,(H,28,31). The fourth-order valence-electron chi connectivity index (χ4n) is 3.22. The Morgan fingerprint density at radius 1 is 1.08 bits per heavy atom. The lowest BCUT2D eigenvalue weighted by Gasteiger charge is -2.13. The van der Waals surface area contributed by atoms with Gasteiger partial charge in [0.15, 0.2) is 11.5 Å². The molecule has 0 radical (unpaired) electrons. The summed E-state index contributed by atoms with van der Waals surface area (Å²) in [4.78, 5) is 33.5. The molecule has 0 aromatic heterocycles. The van der Waals surface area contributed by atoms with Gasteiger partial charge in [0.25, 0.3) is 11.6 Å². The molecule has 188 valence electrons. The quantitative estimate of drug-likeness (QED) is 0.139. The van der Waals surface area contributed by atoms with Crippen LogP contribution in [0, 0.1) is 31.6 Å². The molecule has 0 heterocycles. The van der Waals surface area contributed by atoms with Crippen molar-refractivity contribution in [2.24, 2.45) is 0 Å². The normalized spacial score (nSPS) is 10.8. The van der Waals surface area contributed by atoms with Gasteiger partial charge in [-0.05, 0) is 69.9 Å². The van der Waals surface area contributed by atoms with Gasteiger partial charge in [-0.1, -0.05) is 19.1 Å². The van der Waals surface area contributed by atoms with E-state index in [4.69, 9.17) is 9.47 Å². The maximum absolute atomic E-state index is 12.6. The molecule has 0 spiro atoms. The van der Waals surface area contributed by atoms with Crippen molar-refractivity contribution in [2.75, 3.05) is 12.4 Å². The molecule has 1 N–H and O–H groups in total. The largest absolute Gasteiger partial charge is 0.493 e. The molecule has 0 aliphatic rings. The van der Waals surface area contributed by atoms with Gasteiger partial charge in [0.05, 0.1) is 27.5 Å². The number of ether oxygens (including phenoxy) is 2. The molecule has 0 unspecified atom stereocenters. The van der Waals surface area contributed by atoms with Crippen LogP contribution in [0.15, 0.2) is 64.6 Å². The number of carbonyl (C=O) groups is 1. The summed E-state index contributed by atoms with van der Waals surface area (Å²) >= 11 is 3.32. The minimum absolute atomic E-state index is 0.0515. The van der Waals surface area contributed by atoms with Crippen molar-refractivity contribution in [1.29, 1.82) is 5.26 Å². The van der Waals surface area contributed by atoms with Crippen LogP contribution in [0.3, 0.4) is 0 Å². The Bertz CT molecular complexity index is 1450. The summed E-state index contributed by atoms with van der Waals surface area (Å²) < 4.78 is 11.3. The number of hydrogen-bond acceptors (Lipinski definition) is 8. The molecule has 12 heteroatoms. The van der Waals surface area contributed by atoms with Crippen LogP contribution in [0.25, 0.3) is 6.08 Å². The summed E-state index contributed by atoms with van der Waals surface area (Å²) in [5.74, 6) is -0.676. The molecule has 0 saturated carbocycles. The molecule has 0 aliphatic heterocycles. The lowest BCUT2D eigenvalue weighted by Crippen LogP contribution is -2.13. The average molecular weight is 567 g/mol. The van der Waals surface area contributed by atoms with E-state index in [0.29, 0.717) is 15.7 Å². The number of nitrogens with zero attached hydrogens (tertiary/aromatic N) is 3. The van der Waals surface area contributed by atoms with Crippen LogP contribution in [0.4, 0.5) is 17.1 Å². The van der Waals surface area contributed by atoms with E-state index < -0.39 is 27.1 Å². The molecule has 11 nitrogen and oxygen atoms in total. The molecule has 3 aromatic rings. The van der Waals surface area contributed by atoms with Crippen molar-refractivity contribution in [3.05, 3.63) is 96.0 Å². The number of hydrogen-bond donors (Lipinski definition) is 1. The van der Waals surface area contributed by atoms with Gasteiger partial charge in [0.1, 0.15) is 11.6 Å². The number of halogens is 1. The van der Waals surface area contributed by atoms with Crippen LogP contribution in [0.1, 0.15) is 18.1 Å². The third kappa shape index (κ3) is 6.47. The van der Waals surface area contributed by atoms with E-state index in [1.165, 1.54) is 25.3 Å². The second kappa shape index (κ2) is 11.8. The second-order valence-electron chi connectivity index (χ2n) is 7.48. The number of amides is 1. The molecule has 0 saturated heterocycles. The number of aryl methyl sites for hydroxylation is 1. The number of nitro benzene ring substituents is 2. The third-order valence-corrected chi connectivity index (χ3v) is 5.70. The van der Waals surface area contributed by atoms with E-state index >= 15 is 0 Å². The molecule has 3 rings (SSSR count). The Morgan fingerprint density at radius 2 is 1.78 bits per heavy atom. The zero-order valence-electron chi connectivity index (χ0n) is 19.6. The minimum atomic E-state index is -0.798. The molecule has 0 fully saturated rings. The molecular weight excluding hydrogens is 548 g/mol. The van der Waals surface area contributed by atoms with Crippen molar-refractivity contribution >= 4 is 45.0 Å². The fraction of sp³-hybridized carbons (Fsp3) is 0.120. The third-order valence-electron chi connectivity index (χ3n) is 5.11. The second-order valence-corrected chi connectivity index (χ2v) is 8.33. The zero-order chi connectivity index (χ0) is 27.1. The summed E-state index contributed by atoms with van der Waals surface area (Å²) in [6, 6.07) is 15.1. The first-order chi connectivity index (χ1) is 17.7. The lowest BCUT2D eigenvalue weighted by atomic mass is 10.1. The Balaban J connectivity index is 1.92. The van der Waals surface area contributed by atoms with Crippen molar-refractivity contribution in [3.8, 4) is 23.3 Å². The molecule has 3 aromatic carbocycles. The van der Waals surface area contributed by atoms with Crippen molar-refractivity contribution in [1.82, 2.24) is 0 Å². The van der Waals surface area contributed by atoms with E-state index in [9.17, 15) is 30.3 Å². The van der Waals surface area contributed by atoms with Gasteiger partial charge >= 0.3 is 5.69 Å². The van der Waals surface area contributed by atoms with E-state index in [2.05, 4.69) is 21.2 Å². The summed E-state index contributed by atoms with van der Waals surface area (Å²) in [5, 5.41) is 34.7. The predicted octanol–water partition coefficient (Wildman–Crippen LogP) is 6.17. The number of methoxy groups -OCH3 is 1. The summed E-state index contributed by atoms with van der Waals surface area (Å²) in [5.41, 5.74) is 0.801. The number of nitriles is 1. The van der Waals surface area contributed by atoms with Gasteiger partial charge in [-0.2, -0.15) is 5.26 Å². The number of nitro groups is 2. The van der Waals surface area contributed by atoms with Gasteiger partial charge in [-0.25, -0.2) is 0 Å². The van der Waals surface area contributed by atoms with E-state index in [1.54, 1.807) is 12.1 Å². The number of non-ortho nitro benzene ring substituents is 1. The monoisotopic (exact) mass is 566 g/mol. The molecule has 1 amide bonds. The number of anilines is 1. The molecular formula is C25H19BrN4O7. The van der Waals surface area contributed by atoms with E-state index in [0.717, 1.165) is 30.2 Å². The topological polar surface area (TPSA) is 158 Å². The molecule has 0 atom stereocenters. The number of carbonyl (C=O) groups excluding carboxylic acids is 1. The van der Waals surface area contributed by atoms with Gasteiger partial charge in [-0.3, -0.25) is 25.0 Å². The van der Waals surface area contributed by atoms with Crippen LogP contribution in [-0.2, 0) is 11.2 Å². The highest BCUT2D eigenvalue weighted by Crippen LogP contribution is 2.43. The van der Waals surface area contributed by atoms with Crippen molar-refractivity contribution in [3.63, 3.8) is 0 Å². The Hall–Kier alpha value is -4.76. The highest BCUT2D eigenvalue weighted by molar-refractivity contribution is 9.10. The Kier molecular flexibility index (Phi) is 8.55. The first-order valence-corrected chi connectivity index (χ1v) is 11.5. The smallest absolute Gasteiger partial charge is 0.318 e. The maximum Gasteiger partial charge on any atom is 0.318 e. The highest BCUT2D eigenvalue weighted by Gasteiger charge is 2.23. The van der Waals surface area contributed by atoms with Gasteiger partial charge in [-0.15, -0.1) is 0 Å². The van der Waals surface area contributed by atoms with Crippen molar-refractivity contribution < 1.29 is 24.1 Å². The fourth-order valence-corrected chi connectivity index (χ4v) is 3.76. The predicted molar refractivity (Wildman–Crippen MR) is 139 cm³/mol. The lowest BCUT2D eigenvalue weighted by molar-refractivity contribution is -0.394. The first-order valence-electron chi connectivity index (χ1n) is 10.7. The Morgan fingerprint density at radius 3 is 2.35 bits per heavy atom. The van der Waals surface area contributed by atoms with Crippen LogP contribution >= 0.6 is 15.9 Å². The van der Waals surface area contributed by atoms with Crippen molar-refractivity contribution in [2.45, 2.75) is 13.3 Å². The highest BCUT2D eigenvalue weighted by atomic mass is 79.9. The van der Waals surface area contributed by atoms with E-state index in [1.807, 2.05) is 25.1 Å².